The topological polar surface area (TPSA) is 58.6 Å². The van der Waals surface area contributed by atoms with Gasteiger partial charge in [0.1, 0.15) is 12.1 Å². The Morgan fingerprint density at radius 1 is 1.00 bits per heavy atom. The first-order valence-corrected chi connectivity index (χ1v) is 10.7. The van der Waals surface area contributed by atoms with E-state index in [4.69, 9.17) is 4.74 Å². The molecule has 0 fully saturated rings. The van der Waals surface area contributed by atoms with E-state index in [0.717, 1.165) is 22.4 Å². The maximum absolute atomic E-state index is 13.7. The van der Waals surface area contributed by atoms with E-state index >= 15 is 0 Å². The number of amides is 1. The van der Waals surface area contributed by atoms with Gasteiger partial charge in [0, 0.05) is 11.2 Å². The second-order valence-corrected chi connectivity index (χ2v) is 9.29. The van der Waals surface area contributed by atoms with Gasteiger partial charge < -0.3 is 15.0 Å². The molecule has 164 valence electrons. The summed E-state index contributed by atoms with van der Waals surface area (Å²) >= 11 is 0. The number of carbonyl (C=O) groups is 2. The molecule has 0 aliphatic carbocycles. The predicted octanol–water partition coefficient (Wildman–Crippen LogP) is 4.65. The van der Waals surface area contributed by atoms with Crippen LogP contribution in [0.3, 0.4) is 0 Å². The lowest BCUT2D eigenvalue weighted by molar-refractivity contribution is -0.149. The summed E-state index contributed by atoms with van der Waals surface area (Å²) in [7, 11) is 1.39. The Balaban J connectivity index is 2.27. The zero-order valence-corrected chi connectivity index (χ0v) is 19.2. The van der Waals surface area contributed by atoms with Crippen molar-refractivity contribution in [1.82, 2.24) is 10.2 Å². The number of benzene rings is 2. The maximum Gasteiger partial charge on any atom is 0.328 e. The van der Waals surface area contributed by atoms with Gasteiger partial charge in [-0.1, -0.05) is 68.4 Å². The molecule has 0 saturated heterocycles. The van der Waals surface area contributed by atoms with Crippen molar-refractivity contribution < 1.29 is 14.3 Å². The van der Waals surface area contributed by atoms with E-state index in [1.807, 2.05) is 94.1 Å². The first-order valence-electron chi connectivity index (χ1n) is 10.7. The molecule has 0 saturated carbocycles. The summed E-state index contributed by atoms with van der Waals surface area (Å²) in [5.41, 5.74) is 3.21. The van der Waals surface area contributed by atoms with Crippen LogP contribution >= 0.6 is 0 Å². The van der Waals surface area contributed by atoms with Gasteiger partial charge in [-0.2, -0.15) is 0 Å². The number of esters is 1. The van der Waals surface area contributed by atoms with Crippen molar-refractivity contribution in [2.45, 2.75) is 52.2 Å². The summed E-state index contributed by atoms with van der Waals surface area (Å²) in [4.78, 5) is 28.6. The molecule has 0 unspecified atom stereocenters. The molecule has 2 aromatic rings. The largest absolute Gasteiger partial charge is 0.467 e. The second kappa shape index (κ2) is 8.96. The van der Waals surface area contributed by atoms with E-state index in [1.165, 1.54) is 7.11 Å². The van der Waals surface area contributed by atoms with Crippen molar-refractivity contribution in [3.63, 3.8) is 0 Å². The van der Waals surface area contributed by atoms with Gasteiger partial charge in [0.2, 0.25) is 5.91 Å². The molecule has 0 radical (unpaired) electrons. The number of methoxy groups -OCH3 is 1. The molecule has 1 heterocycles. The number of hydrogen-bond donors (Lipinski definition) is 1. The van der Waals surface area contributed by atoms with Gasteiger partial charge in [-0.3, -0.25) is 4.79 Å². The first kappa shape index (κ1) is 22.6. The van der Waals surface area contributed by atoms with E-state index in [-0.39, 0.29) is 17.8 Å². The van der Waals surface area contributed by atoms with E-state index in [0.29, 0.717) is 0 Å². The van der Waals surface area contributed by atoms with Crippen LogP contribution in [0.1, 0.15) is 57.4 Å². The smallest absolute Gasteiger partial charge is 0.328 e. The van der Waals surface area contributed by atoms with Crippen molar-refractivity contribution >= 4 is 23.6 Å². The summed E-state index contributed by atoms with van der Waals surface area (Å²) < 4.78 is 5.19. The number of nitrogens with one attached hydrogen (secondary N) is 1. The highest BCUT2D eigenvalue weighted by molar-refractivity contribution is 5.95. The lowest BCUT2D eigenvalue weighted by atomic mass is 9.87. The van der Waals surface area contributed by atoms with Crippen LogP contribution in [-0.2, 0) is 14.3 Å². The Morgan fingerprint density at radius 3 is 2.19 bits per heavy atom. The van der Waals surface area contributed by atoms with Gasteiger partial charge in [0.15, 0.2) is 0 Å². The van der Waals surface area contributed by atoms with Crippen LogP contribution in [0.4, 0.5) is 0 Å². The first-order chi connectivity index (χ1) is 14.6. The molecule has 1 N–H and O–H groups in total. The molecular formula is C26H32N2O3. The number of ether oxygens (including phenoxy) is 1. The summed E-state index contributed by atoms with van der Waals surface area (Å²) in [6.07, 6.45) is 2.06. The van der Waals surface area contributed by atoms with Gasteiger partial charge in [-0.25, -0.2) is 4.79 Å². The molecule has 0 bridgehead atoms. The quantitative estimate of drug-likeness (QED) is 0.715. The van der Waals surface area contributed by atoms with E-state index in [1.54, 1.807) is 0 Å². The fraction of sp³-hybridized carbons (Fsp3) is 0.385. The number of rotatable bonds is 5. The van der Waals surface area contributed by atoms with Crippen LogP contribution in [0.2, 0.25) is 0 Å². The normalized spacial score (nSPS) is 16.9. The average Bonchev–Trinajstić information content (AvgIpc) is 2.72. The zero-order valence-electron chi connectivity index (χ0n) is 19.2. The van der Waals surface area contributed by atoms with E-state index in [2.05, 4.69) is 11.4 Å². The molecule has 5 nitrogen and oxygen atoms in total. The Bertz CT molecular complexity index is 974. The average molecular weight is 421 g/mol. The van der Waals surface area contributed by atoms with Crippen molar-refractivity contribution in [3.8, 4) is 0 Å². The standard InChI is InChI=1S/C26H32N2O3/c1-17(2)22(25(30)31-6)28-21(18-12-8-7-9-13-18)16-19-14-10-11-15-20(19)23(28)24(29)27-26(3,4)5/h7-17,22-23H,1-6H3,(H,27,29)/t22-,23+/m0/s1. The monoisotopic (exact) mass is 420 g/mol. The van der Waals surface area contributed by atoms with Crippen molar-refractivity contribution in [1.29, 1.82) is 0 Å². The molecule has 3 rings (SSSR count). The maximum atomic E-state index is 13.7. The molecule has 0 spiro atoms. The number of carbonyl (C=O) groups excluding carboxylic acids is 2. The third kappa shape index (κ3) is 4.82. The lowest BCUT2D eigenvalue weighted by Crippen LogP contribution is -2.53. The van der Waals surface area contributed by atoms with E-state index in [9.17, 15) is 9.59 Å². The van der Waals surface area contributed by atoms with Crippen LogP contribution in [0.25, 0.3) is 11.8 Å². The molecular weight excluding hydrogens is 388 g/mol. The van der Waals surface area contributed by atoms with Crippen molar-refractivity contribution in [3.05, 3.63) is 71.3 Å². The van der Waals surface area contributed by atoms with Gasteiger partial charge in [-0.15, -0.1) is 0 Å². The SMILES string of the molecule is COC(=O)[C@H](C(C)C)N1C(c2ccccc2)=Cc2ccccc2[C@@H]1C(=O)NC(C)(C)C. The summed E-state index contributed by atoms with van der Waals surface area (Å²) in [6, 6.07) is 16.4. The number of hydrogen-bond acceptors (Lipinski definition) is 4. The number of fused-ring (bicyclic) bond motifs is 1. The van der Waals surface area contributed by atoms with Crippen LogP contribution < -0.4 is 5.32 Å². The van der Waals surface area contributed by atoms with E-state index < -0.39 is 17.6 Å². The van der Waals surface area contributed by atoms with Crippen LogP contribution in [0, 0.1) is 5.92 Å². The summed E-state index contributed by atoms with van der Waals surface area (Å²) in [5, 5.41) is 3.12. The van der Waals surface area contributed by atoms with Crippen LogP contribution in [-0.4, -0.2) is 35.5 Å². The third-order valence-corrected chi connectivity index (χ3v) is 5.33. The van der Waals surface area contributed by atoms with Crippen LogP contribution in [0.5, 0.6) is 0 Å². The Morgan fingerprint density at radius 2 is 1.61 bits per heavy atom. The fourth-order valence-corrected chi connectivity index (χ4v) is 4.09. The lowest BCUT2D eigenvalue weighted by Gasteiger charge is -2.44. The minimum absolute atomic E-state index is 0.0743. The minimum atomic E-state index is -0.665. The molecule has 2 atom stereocenters. The number of nitrogens with zero attached hydrogens (tertiary/aromatic N) is 1. The zero-order chi connectivity index (χ0) is 22.8. The van der Waals surface area contributed by atoms with Crippen molar-refractivity contribution in [2.75, 3.05) is 7.11 Å². The second-order valence-electron chi connectivity index (χ2n) is 9.29. The summed E-state index contributed by atoms with van der Waals surface area (Å²) in [6.45, 7) is 9.82. The summed E-state index contributed by atoms with van der Waals surface area (Å²) in [5.74, 6) is -0.574. The van der Waals surface area contributed by atoms with Crippen LogP contribution in [0.15, 0.2) is 54.6 Å². The minimum Gasteiger partial charge on any atom is -0.467 e. The van der Waals surface area contributed by atoms with Gasteiger partial charge in [-0.05, 0) is 49.5 Å². The van der Waals surface area contributed by atoms with Gasteiger partial charge in [0.05, 0.1) is 7.11 Å². The Labute approximate surface area is 185 Å². The van der Waals surface area contributed by atoms with Gasteiger partial charge >= 0.3 is 5.97 Å². The highest BCUT2D eigenvalue weighted by Gasteiger charge is 2.43. The molecule has 2 aromatic carbocycles. The van der Waals surface area contributed by atoms with Crippen molar-refractivity contribution in [2.24, 2.45) is 5.92 Å². The molecule has 31 heavy (non-hydrogen) atoms. The molecule has 1 amide bonds. The highest BCUT2D eigenvalue weighted by atomic mass is 16.5. The Kier molecular flexibility index (Phi) is 6.54. The predicted molar refractivity (Wildman–Crippen MR) is 124 cm³/mol. The Hall–Kier alpha value is -3.08. The molecule has 0 aromatic heterocycles. The highest BCUT2D eigenvalue weighted by Crippen LogP contribution is 2.42. The molecule has 1 aliphatic rings. The fourth-order valence-electron chi connectivity index (χ4n) is 4.09. The molecule has 1 aliphatic heterocycles. The third-order valence-electron chi connectivity index (χ3n) is 5.33. The molecule has 5 heteroatoms. The van der Waals surface area contributed by atoms with Gasteiger partial charge in [0.25, 0.3) is 0 Å².